The molecule has 92 valence electrons. The number of aromatic nitrogens is 2. The first-order valence-corrected chi connectivity index (χ1v) is 6.00. The van der Waals surface area contributed by atoms with Gasteiger partial charge in [-0.1, -0.05) is 13.8 Å². The van der Waals surface area contributed by atoms with Gasteiger partial charge in [0.25, 0.3) is 0 Å². The van der Waals surface area contributed by atoms with Gasteiger partial charge in [-0.2, -0.15) is 5.10 Å². The maximum atomic E-state index is 5.62. The van der Waals surface area contributed by atoms with Crippen LogP contribution in [0.5, 0.6) is 0 Å². The third-order valence-corrected chi connectivity index (χ3v) is 2.73. The summed E-state index contributed by atoms with van der Waals surface area (Å²) >= 11 is 0. The van der Waals surface area contributed by atoms with Gasteiger partial charge in [0, 0.05) is 24.9 Å². The molecule has 0 aliphatic heterocycles. The largest absolute Gasteiger partial charge is 0.379 e. The van der Waals surface area contributed by atoms with E-state index in [4.69, 9.17) is 4.74 Å². The molecule has 4 heteroatoms. The van der Waals surface area contributed by atoms with Crippen molar-refractivity contribution in [2.24, 2.45) is 7.05 Å². The lowest BCUT2D eigenvalue weighted by Crippen LogP contribution is -2.26. The Morgan fingerprint density at radius 1 is 1.50 bits per heavy atom. The molecule has 1 rings (SSSR count). The molecule has 0 radical (unpaired) electrons. The fourth-order valence-corrected chi connectivity index (χ4v) is 1.71. The minimum absolute atomic E-state index is 0.255. The SMILES string of the molecule is CCCOCC(NCC)c1cnn(C)c1C. The normalized spacial score (nSPS) is 13.0. The van der Waals surface area contributed by atoms with Gasteiger partial charge in [-0.05, 0) is 19.9 Å². The van der Waals surface area contributed by atoms with E-state index in [0.717, 1.165) is 19.6 Å². The average molecular weight is 225 g/mol. The van der Waals surface area contributed by atoms with Crippen LogP contribution in [-0.4, -0.2) is 29.5 Å². The first kappa shape index (κ1) is 13.2. The second-order valence-electron chi connectivity index (χ2n) is 3.99. The highest BCUT2D eigenvalue weighted by Crippen LogP contribution is 2.17. The fourth-order valence-electron chi connectivity index (χ4n) is 1.71. The van der Waals surface area contributed by atoms with E-state index in [1.54, 1.807) is 0 Å². The Kier molecular flexibility index (Phi) is 5.49. The van der Waals surface area contributed by atoms with Crippen LogP contribution in [0.2, 0.25) is 0 Å². The maximum absolute atomic E-state index is 5.62. The summed E-state index contributed by atoms with van der Waals surface area (Å²) in [5.41, 5.74) is 2.44. The molecule has 4 nitrogen and oxygen atoms in total. The minimum Gasteiger partial charge on any atom is -0.379 e. The smallest absolute Gasteiger partial charge is 0.0662 e. The zero-order chi connectivity index (χ0) is 12.0. The van der Waals surface area contributed by atoms with Crippen LogP contribution in [-0.2, 0) is 11.8 Å². The lowest BCUT2D eigenvalue weighted by atomic mass is 10.1. The third kappa shape index (κ3) is 3.32. The van der Waals surface area contributed by atoms with Gasteiger partial charge < -0.3 is 10.1 Å². The lowest BCUT2D eigenvalue weighted by molar-refractivity contribution is 0.112. The lowest BCUT2D eigenvalue weighted by Gasteiger charge is -2.17. The highest BCUT2D eigenvalue weighted by molar-refractivity contribution is 5.20. The van der Waals surface area contributed by atoms with E-state index < -0.39 is 0 Å². The van der Waals surface area contributed by atoms with Crippen molar-refractivity contribution >= 4 is 0 Å². The Balaban J connectivity index is 2.65. The molecule has 0 aliphatic carbocycles. The Bertz CT molecular complexity index is 309. The zero-order valence-electron chi connectivity index (χ0n) is 10.8. The van der Waals surface area contributed by atoms with Crippen LogP contribution in [0.1, 0.15) is 37.6 Å². The van der Waals surface area contributed by atoms with E-state index in [1.807, 2.05) is 17.9 Å². The van der Waals surface area contributed by atoms with Crippen LogP contribution in [0.15, 0.2) is 6.20 Å². The summed E-state index contributed by atoms with van der Waals surface area (Å²) in [7, 11) is 1.97. The number of ether oxygens (including phenoxy) is 1. The quantitative estimate of drug-likeness (QED) is 0.719. The van der Waals surface area contributed by atoms with E-state index in [0.29, 0.717) is 6.61 Å². The summed E-state index contributed by atoms with van der Waals surface area (Å²) < 4.78 is 7.52. The Labute approximate surface area is 98.0 Å². The van der Waals surface area contributed by atoms with Gasteiger partial charge in [0.2, 0.25) is 0 Å². The molecule has 1 aromatic heterocycles. The van der Waals surface area contributed by atoms with E-state index in [2.05, 4.69) is 31.2 Å². The molecule has 1 atom stereocenters. The van der Waals surface area contributed by atoms with Crippen LogP contribution in [0.4, 0.5) is 0 Å². The van der Waals surface area contributed by atoms with Gasteiger partial charge in [0.15, 0.2) is 0 Å². The van der Waals surface area contributed by atoms with Crippen LogP contribution in [0.25, 0.3) is 0 Å². The number of nitrogens with one attached hydrogen (secondary N) is 1. The van der Waals surface area contributed by atoms with Crippen molar-refractivity contribution in [2.75, 3.05) is 19.8 Å². The van der Waals surface area contributed by atoms with Crippen LogP contribution < -0.4 is 5.32 Å². The van der Waals surface area contributed by atoms with Crippen molar-refractivity contribution in [3.05, 3.63) is 17.5 Å². The molecule has 16 heavy (non-hydrogen) atoms. The van der Waals surface area contributed by atoms with Gasteiger partial charge >= 0.3 is 0 Å². The second-order valence-corrected chi connectivity index (χ2v) is 3.99. The molecule has 0 aromatic carbocycles. The number of rotatable bonds is 7. The molecule has 0 saturated carbocycles. The number of hydrogen-bond acceptors (Lipinski definition) is 3. The molecule has 1 heterocycles. The standard InChI is InChI=1S/C12H23N3O/c1-5-7-16-9-12(13-6-2)11-8-14-15(4)10(11)3/h8,12-13H,5-7,9H2,1-4H3. The Morgan fingerprint density at radius 3 is 2.75 bits per heavy atom. The Morgan fingerprint density at radius 2 is 2.25 bits per heavy atom. The predicted molar refractivity (Wildman–Crippen MR) is 65.5 cm³/mol. The molecule has 1 N–H and O–H groups in total. The van der Waals surface area contributed by atoms with Crippen molar-refractivity contribution in [2.45, 2.75) is 33.2 Å². The number of aryl methyl sites for hydroxylation is 1. The van der Waals surface area contributed by atoms with E-state index >= 15 is 0 Å². The molecule has 1 aromatic rings. The minimum atomic E-state index is 0.255. The summed E-state index contributed by atoms with van der Waals surface area (Å²) in [5, 5.41) is 7.70. The molecule has 0 fully saturated rings. The number of hydrogen-bond donors (Lipinski definition) is 1. The van der Waals surface area contributed by atoms with Crippen molar-refractivity contribution in [1.82, 2.24) is 15.1 Å². The highest BCUT2D eigenvalue weighted by atomic mass is 16.5. The van der Waals surface area contributed by atoms with E-state index in [-0.39, 0.29) is 6.04 Å². The zero-order valence-corrected chi connectivity index (χ0v) is 10.8. The van der Waals surface area contributed by atoms with E-state index in [9.17, 15) is 0 Å². The van der Waals surface area contributed by atoms with Gasteiger partial charge in [0.05, 0.1) is 18.8 Å². The Hall–Kier alpha value is -0.870. The van der Waals surface area contributed by atoms with Crippen LogP contribution in [0, 0.1) is 6.92 Å². The summed E-state index contributed by atoms with van der Waals surface area (Å²) in [6.07, 6.45) is 2.99. The molecule has 0 spiro atoms. The number of nitrogens with zero attached hydrogens (tertiary/aromatic N) is 2. The van der Waals surface area contributed by atoms with Crippen molar-refractivity contribution in [3.8, 4) is 0 Å². The molecule has 1 unspecified atom stereocenters. The maximum Gasteiger partial charge on any atom is 0.0662 e. The highest BCUT2D eigenvalue weighted by Gasteiger charge is 2.15. The van der Waals surface area contributed by atoms with Crippen molar-refractivity contribution < 1.29 is 4.74 Å². The molecule has 0 amide bonds. The summed E-state index contributed by atoms with van der Waals surface area (Å²) in [6.45, 7) is 8.80. The average Bonchev–Trinajstić information content (AvgIpc) is 2.59. The molecule has 0 bridgehead atoms. The van der Waals surface area contributed by atoms with Gasteiger partial charge in [0.1, 0.15) is 0 Å². The molecule has 0 saturated heterocycles. The van der Waals surface area contributed by atoms with Gasteiger partial charge in [-0.25, -0.2) is 0 Å². The predicted octanol–water partition coefficient (Wildman–Crippen LogP) is 1.81. The topological polar surface area (TPSA) is 39.1 Å². The number of likely N-dealkylation sites (N-methyl/N-ethyl adjacent to an activating group) is 1. The fraction of sp³-hybridized carbons (Fsp3) is 0.750. The monoisotopic (exact) mass is 225 g/mol. The third-order valence-electron chi connectivity index (χ3n) is 2.73. The van der Waals surface area contributed by atoms with Crippen molar-refractivity contribution in [1.29, 1.82) is 0 Å². The first-order valence-electron chi connectivity index (χ1n) is 6.00. The van der Waals surface area contributed by atoms with Crippen molar-refractivity contribution in [3.63, 3.8) is 0 Å². The van der Waals surface area contributed by atoms with Crippen LogP contribution >= 0.6 is 0 Å². The van der Waals surface area contributed by atoms with Gasteiger partial charge in [-0.3, -0.25) is 4.68 Å². The summed E-state index contributed by atoms with van der Waals surface area (Å²) in [6, 6.07) is 0.255. The van der Waals surface area contributed by atoms with E-state index in [1.165, 1.54) is 11.3 Å². The molecule has 0 aliphatic rings. The van der Waals surface area contributed by atoms with Gasteiger partial charge in [-0.15, -0.1) is 0 Å². The molecular formula is C12H23N3O. The molecular weight excluding hydrogens is 202 g/mol. The summed E-state index contributed by atoms with van der Waals surface area (Å²) in [5.74, 6) is 0. The second kappa shape index (κ2) is 6.66. The summed E-state index contributed by atoms with van der Waals surface area (Å²) in [4.78, 5) is 0. The first-order chi connectivity index (χ1) is 7.70. The van der Waals surface area contributed by atoms with Crippen LogP contribution in [0.3, 0.4) is 0 Å².